The van der Waals surface area contributed by atoms with E-state index in [1.54, 1.807) is 0 Å². The van der Waals surface area contributed by atoms with Gasteiger partial charge in [0.15, 0.2) is 0 Å². The van der Waals surface area contributed by atoms with Crippen molar-refractivity contribution in [3.05, 3.63) is 59.7 Å². The lowest BCUT2D eigenvalue weighted by Gasteiger charge is -2.04. The number of hydrogen-bond acceptors (Lipinski definition) is 0. The maximum absolute atomic E-state index is 2.27. The molecular formula is C13H12Si. The van der Waals surface area contributed by atoms with Crippen molar-refractivity contribution in [3.63, 3.8) is 0 Å². The molecule has 0 heterocycles. The quantitative estimate of drug-likeness (QED) is 0.566. The highest BCUT2D eigenvalue weighted by Crippen LogP contribution is 2.42. The van der Waals surface area contributed by atoms with Gasteiger partial charge in [0.05, 0.1) is 0 Å². The summed E-state index contributed by atoms with van der Waals surface area (Å²) in [6.45, 7) is 0. The van der Waals surface area contributed by atoms with Crippen LogP contribution in [0.25, 0.3) is 11.1 Å². The lowest BCUT2D eigenvalue weighted by Crippen LogP contribution is -1.93. The molecule has 0 N–H and O–H groups in total. The molecular weight excluding hydrogens is 184 g/mol. The van der Waals surface area contributed by atoms with E-state index < -0.39 is 0 Å². The molecule has 0 unspecified atom stereocenters. The van der Waals surface area contributed by atoms with Gasteiger partial charge in [-0.05, 0) is 27.8 Å². The van der Waals surface area contributed by atoms with Crippen molar-refractivity contribution in [1.82, 2.24) is 0 Å². The summed E-state index contributed by atoms with van der Waals surface area (Å²) in [5.74, 6) is 0. The third kappa shape index (κ3) is 0.932. The van der Waals surface area contributed by atoms with Gasteiger partial charge in [-0.3, -0.25) is 0 Å². The van der Waals surface area contributed by atoms with Crippen LogP contribution in [0.4, 0.5) is 0 Å². The van der Waals surface area contributed by atoms with E-state index in [4.69, 9.17) is 0 Å². The Labute approximate surface area is 87.0 Å². The van der Waals surface area contributed by atoms with Crippen molar-refractivity contribution in [2.24, 2.45) is 0 Å². The molecule has 0 fully saturated rings. The van der Waals surface area contributed by atoms with Gasteiger partial charge >= 0.3 is 0 Å². The van der Waals surface area contributed by atoms with Crippen molar-refractivity contribution in [2.75, 3.05) is 0 Å². The highest BCUT2D eigenvalue weighted by Gasteiger charge is 2.23. The minimum absolute atomic E-state index is 0.697. The van der Waals surface area contributed by atoms with E-state index in [0.717, 1.165) is 0 Å². The molecule has 0 aliphatic heterocycles. The fraction of sp³-hybridized carbons (Fsp3) is 0.0769. The Balaban J connectivity index is 2.36. The summed E-state index contributed by atoms with van der Waals surface area (Å²) < 4.78 is 0. The molecule has 14 heavy (non-hydrogen) atoms. The predicted molar refractivity (Wildman–Crippen MR) is 63.7 cm³/mol. The Kier molecular flexibility index (Phi) is 1.61. The Bertz CT molecular complexity index is 443. The van der Waals surface area contributed by atoms with Gasteiger partial charge in [-0.2, -0.15) is 0 Å². The van der Waals surface area contributed by atoms with Crippen LogP contribution in [0.1, 0.15) is 16.7 Å². The van der Waals surface area contributed by atoms with Crippen LogP contribution in [0.2, 0.25) is 0 Å². The molecule has 0 radical (unpaired) electrons. The van der Waals surface area contributed by atoms with Crippen LogP contribution >= 0.6 is 0 Å². The first-order valence-electron chi connectivity index (χ1n) is 5.06. The highest BCUT2D eigenvalue weighted by atomic mass is 28.1. The highest BCUT2D eigenvalue weighted by molar-refractivity contribution is 6.17. The van der Waals surface area contributed by atoms with Gasteiger partial charge in [0.25, 0.3) is 0 Å². The van der Waals surface area contributed by atoms with E-state index in [2.05, 4.69) is 48.5 Å². The fourth-order valence-electron chi connectivity index (χ4n) is 2.41. The molecule has 0 saturated heterocycles. The Morgan fingerprint density at radius 3 is 1.64 bits per heavy atom. The summed E-state index contributed by atoms with van der Waals surface area (Å²) in [6, 6.07) is 17.6. The zero-order valence-electron chi connectivity index (χ0n) is 8.20. The molecule has 2 aromatic carbocycles. The second-order valence-electron chi connectivity index (χ2n) is 3.90. The van der Waals surface area contributed by atoms with E-state index in [0.29, 0.717) is 5.54 Å². The first-order chi connectivity index (χ1) is 6.88. The summed E-state index contributed by atoms with van der Waals surface area (Å²) in [5, 5.41) is 0. The van der Waals surface area contributed by atoms with E-state index in [9.17, 15) is 0 Å². The van der Waals surface area contributed by atoms with Crippen LogP contribution in [0.15, 0.2) is 48.5 Å². The number of hydrogen-bond donors (Lipinski definition) is 0. The normalized spacial score (nSPS) is 14.0. The van der Waals surface area contributed by atoms with E-state index in [-0.39, 0.29) is 0 Å². The van der Waals surface area contributed by atoms with Crippen LogP contribution in [0.3, 0.4) is 0 Å². The van der Waals surface area contributed by atoms with Crippen molar-refractivity contribution in [1.29, 1.82) is 0 Å². The van der Waals surface area contributed by atoms with Crippen LogP contribution in [-0.2, 0) is 0 Å². The molecule has 2 aromatic rings. The maximum Gasteiger partial charge on any atom is 0.0179 e. The smallest absolute Gasteiger partial charge is 0.0179 e. The van der Waals surface area contributed by atoms with Crippen LogP contribution in [-0.4, -0.2) is 10.2 Å². The SMILES string of the molecule is [SiH3]C1c2ccccc2-c2ccccc21. The van der Waals surface area contributed by atoms with E-state index in [1.165, 1.54) is 32.5 Å². The van der Waals surface area contributed by atoms with Crippen molar-refractivity contribution in [3.8, 4) is 11.1 Å². The lowest BCUT2D eigenvalue weighted by molar-refractivity contribution is 1.20. The summed E-state index contributed by atoms with van der Waals surface area (Å²) >= 11 is 0. The van der Waals surface area contributed by atoms with Gasteiger partial charge in [-0.1, -0.05) is 48.5 Å². The summed E-state index contributed by atoms with van der Waals surface area (Å²) in [6.07, 6.45) is 0. The first kappa shape index (κ1) is 8.01. The molecule has 1 heteroatoms. The average molecular weight is 196 g/mol. The Morgan fingerprint density at radius 2 is 1.14 bits per heavy atom. The van der Waals surface area contributed by atoms with Gasteiger partial charge in [-0.15, -0.1) is 0 Å². The molecule has 0 bridgehead atoms. The molecule has 0 nitrogen and oxygen atoms in total. The zero-order valence-corrected chi connectivity index (χ0v) is 10.2. The third-order valence-corrected chi connectivity index (χ3v) is 4.39. The van der Waals surface area contributed by atoms with Gasteiger partial charge in [0, 0.05) is 10.2 Å². The third-order valence-electron chi connectivity index (χ3n) is 3.14. The topological polar surface area (TPSA) is 0 Å². The second kappa shape index (κ2) is 2.82. The second-order valence-corrected chi connectivity index (χ2v) is 5.05. The maximum atomic E-state index is 2.27. The minimum atomic E-state index is 0.697. The molecule has 1 aliphatic rings. The molecule has 3 rings (SSSR count). The summed E-state index contributed by atoms with van der Waals surface area (Å²) in [5.41, 5.74) is 6.65. The standard InChI is InChI=1S/C13H12Si/c14-13-11-7-3-1-5-9(11)10-6-2-4-8-12(10)13/h1-8,13H,14H3. The predicted octanol–water partition coefficient (Wildman–Crippen LogP) is 2.12. The molecule has 0 aromatic heterocycles. The van der Waals surface area contributed by atoms with Gasteiger partial charge in [-0.25, -0.2) is 0 Å². The largest absolute Gasteiger partial charge is 0.0619 e. The summed E-state index contributed by atoms with van der Waals surface area (Å²) in [4.78, 5) is 0. The summed E-state index contributed by atoms with van der Waals surface area (Å²) in [7, 11) is 1.21. The molecule has 0 amide bonds. The monoisotopic (exact) mass is 196 g/mol. The number of benzene rings is 2. The van der Waals surface area contributed by atoms with Crippen LogP contribution in [0, 0.1) is 0 Å². The van der Waals surface area contributed by atoms with Gasteiger partial charge < -0.3 is 0 Å². The molecule has 0 spiro atoms. The molecule has 1 aliphatic carbocycles. The average Bonchev–Trinajstić information content (AvgIpc) is 2.55. The first-order valence-corrected chi connectivity index (χ1v) is 6.21. The van der Waals surface area contributed by atoms with Crippen LogP contribution < -0.4 is 0 Å². The van der Waals surface area contributed by atoms with Crippen molar-refractivity contribution in [2.45, 2.75) is 5.54 Å². The van der Waals surface area contributed by atoms with Crippen molar-refractivity contribution >= 4 is 10.2 Å². The molecule has 0 saturated carbocycles. The number of fused-ring (bicyclic) bond motifs is 3. The lowest BCUT2D eigenvalue weighted by atomic mass is 10.1. The molecule has 68 valence electrons. The molecule has 0 atom stereocenters. The van der Waals surface area contributed by atoms with E-state index in [1.807, 2.05) is 0 Å². The number of rotatable bonds is 0. The Morgan fingerprint density at radius 1 is 0.714 bits per heavy atom. The van der Waals surface area contributed by atoms with Crippen molar-refractivity contribution < 1.29 is 0 Å². The van der Waals surface area contributed by atoms with Crippen LogP contribution in [0.5, 0.6) is 0 Å². The van der Waals surface area contributed by atoms with Gasteiger partial charge in [0.1, 0.15) is 0 Å². The van der Waals surface area contributed by atoms with Gasteiger partial charge in [0.2, 0.25) is 0 Å². The fourth-order valence-corrected chi connectivity index (χ4v) is 3.41. The van der Waals surface area contributed by atoms with E-state index >= 15 is 0 Å². The Hall–Kier alpha value is -1.34. The zero-order chi connectivity index (χ0) is 9.54. The minimum Gasteiger partial charge on any atom is -0.0619 e.